The summed E-state index contributed by atoms with van der Waals surface area (Å²) in [6.45, 7) is 1.93. The van der Waals surface area contributed by atoms with E-state index in [9.17, 15) is 4.79 Å². The van der Waals surface area contributed by atoms with Gasteiger partial charge in [0, 0.05) is 12.3 Å². The molecule has 0 saturated carbocycles. The molecule has 9 heavy (non-hydrogen) atoms. The van der Waals surface area contributed by atoms with E-state index < -0.39 is 0 Å². The summed E-state index contributed by atoms with van der Waals surface area (Å²) in [5, 5.41) is 0. The SMILES string of the molecule is Cc1ccc(=O)[nH]c1.[Na+]. The van der Waals surface area contributed by atoms with Gasteiger partial charge in [-0.3, -0.25) is 4.79 Å². The van der Waals surface area contributed by atoms with Crippen LogP contribution in [-0.4, -0.2) is 4.98 Å². The van der Waals surface area contributed by atoms with Gasteiger partial charge in [-0.2, -0.15) is 0 Å². The molecule has 0 radical (unpaired) electrons. The number of aryl methyl sites for hydroxylation is 1. The fourth-order valence-electron chi connectivity index (χ4n) is 0.488. The number of aromatic nitrogens is 1. The zero-order chi connectivity index (χ0) is 5.98. The second kappa shape index (κ2) is 3.88. The third-order valence-corrected chi connectivity index (χ3v) is 0.940. The van der Waals surface area contributed by atoms with E-state index in [2.05, 4.69) is 4.98 Å². The second-order valence-corrected chi connectivity index (χ2v) is 1.73. The number of aromatic amines is 1. The zero-order valence-corrected chi connectivity index (χ0v) is 7.64. The Kier molecular flexibility index (Phi) is 3.86. The van der Waals surface area contributed by atoms with E-state index in [-0.39, 0.29) is 35.1 Å². The fraction of sp³-hybridized carbons (Fsp3) is 0.167. The van der Waals surface area contributed by atoms with Gasteiger partial charge in [-0.15, -0.1) is 0 Å². The molecule has 0 saturated heterocycles. The van der Waals surface area contributed by atoms with E-state index in [0.717, 1.165) is 5.56 Å². The van der Waals surface area contributed by atoms with Crippen molar-refractivity contribution in [3.8, 4) is 0 Å². The van der Waals surface area contributed by atoms with Crippen LogP contribution in [0.5, 0.6) is 0 Å². The zero-order valence-electron chi connectivity index (χ0n) is 5.64. The van der Waals surface area contributed by atoms with Crippen LogP contribution in [-0.2, 0) is 0 Å². The molecule has 1 heterocycles. The van der Waals surface area contributed by atoms with Crippen molar-refractivity contribution < 1.29 is 29.6 Å². The summed E-state index contributed by atoms with van der Waals surface area (Å²) in [4.78, 5) is 12.9. The molecule has 0 aromatic carbocycles. The first-order chi connectivity index (χ1) is 3.79. The van der Waals surface area contributed by atoms with Crippen molar-refractivity contribution in [1.29, 1.82) is 0 Å². The largest absolute Gasteiger partial charge is 1.00 e. The van der Waals surface area contributed by atoms with E-state index in [0.29, 0.717) is 0 Å². The molecule has 2 nitrogen and oxygen atoms in total. The van der Waals surface area contributed by atoms with E-state index in [1.807, 2.05) is 6.92 Å². The van der Waals surface area contributed by atoms with Gasteiger partial charge in [0.2, 0.25) is 5.56 Å². The Morgan fingerprint density at radius 2 is 2.11 bits per heavy atom. The Morgan fingerprint density at radius 3 is 2.44 bits per heavy atom. The third kappa shape index (κ3) is 2.84. The number of hydrogen-bond donors (Lipinski definition) is 1. The van der Waals surface area contributed by atoms with Crippen LogP contribution in [0.15, 0.2) is 23.1 Å². The third-order valence-electron chi connectivity index (χ3n) is 0.940. The smallest absolute Gasteiger partial charge is 0.329 e. The summed E-state index contributed by atoms with van der Waals surface area (Å²) >= 11 is 0. The van der Waals surface area contributed by atoms with Crippen molar-refractivity contribution >= 4 is 0 Å². The van der Waals surface area contributed by atoms with Crippen molar-refractivity contribution in [3.63, 3.8) is 0 Å². The number of rotatable bonds is 0. The van der Waals surface area contributed by atoms with Crippen LogP contribution < -0.4 is 35.1 Å². The maximum atomic E-state index is 10.4. The molecule has 0 fully saturated rings. The maximum Gasteiger partial charge on any atom is 1.00 e. The Bertz CT molecular complexity index is 210. The van der Waals surface area contributed by atoms with Crippen LogP contribution in [0.3, 0.4) is 0 Å². The quantitative estimate of drug-likeness (QED) is 0.395. The van der Waals surface area contributed by atoms with E-state index >= 15 is 0 Å². The van der Waals surface area contributed by atoms with Crippen molar-refractivity contribution in [3.05, 3.63) is 34.2 Å². The number of pyridine rings is 1. The van der Waals surface area contributed by atoms with Crippen LogP contribution in [0.1, 0.15) is 5.56 Å². The summed E-state index contributed by atoms with van der Waals surface area (Å²) in [6.07, 6.45) is 1.68. The second-order valence-electron chi connectivity index (χ2n) is 1.73. The first kappa shape index (κ1) is 8.95. The average Bonchev–Trinajstić information content (AvgIpc) is 1.77. The van der Waals surface area contributed by atoms with Crippen molar-refractivity contribution in [2.45, 2.75) is 6.92 Å². The minimum Gasteiger partial charge on any atom is -0.329 e. The van der Waals surface area contributed by atoms with Gasteiger partial charge in [-0.1, -0.05) is 6.07 Å². The summed E-state index contributed by atoms with van der Waals surface area (Å²) in [7, 11) is 0. The van der Waals surface area contributed by atoms with Crippen molar-refractivity contribution in [2.24, 2.45) is 0 Å². The fourth-order valence-corrected chi connectivity index (χ4v) is 0.488. The standard InChI is InChI=1S/C6H7NO.Na/c1-5-2-3-6(8)7-4-5;/h2-4H,1H3,(H,7,8);/q;+1. The number of nitrogens with one attached hydrogen (secondary N) is 1. The predicted octanol–water partition coefficient (Wildman–Crippen LogP) is -2.31. The predicted molar refractivity (Wildman–Crippen MR) is 31.8 cm³/mol. The minimum absolute atomic E-state index is 0. The van der Waals surface area contributed by atoms with Gasteiger partial charge in [-0.05, 0) is 12.5 Å². The number of H-pyrrole nitrogens is 1. The summed E-state index contributed by atoms with van der Waals surface area (Å²) in [5.41, 5.74) is 1.03. The van der Waals surface area contributed by atoms with Crippen molar-refractivity contribution in [1.82, 2.24) is 4.98 Å². The summed E-state index contributed by atoms with van der Waals surface area (Å²) < 4.78 is 0. The molecule has 0 amide bonds. The molecular weight excluding hydrogens is 125 g/mol. The molecular formula is C6H7NNaO+. The van der Waals surface area contributed by atoms with Gasteiger partial charge in [0.15, 0.2) is 0 Å². The summed E-state index contributed by atoms with van der Waals surface area (Å²) in [5.74, 6) is 0. The molecule has 3 heteroatoms. The van der Waals surface area contributed by atoms with Gasteiger partial charge in [0.1, 0.15) is 0 Å². The van der Waals surface area contributed by atoms with Crippen LogP contribution in [0.2, 0.25) is 0 Å². The molecule has 0 aliphatic rings. The molecule has 1 aromatic heterocycles. The molecule has 0 aliphatic carbocycles. The van der Waals surface area contributed by atoms with Crippen molar-refractivity contribution in [2.75, 3.05) is 0 Å². The Balaban J connectivity index is 0.000000640. The molecule has 0 atom stereocenters. The Hall–Kier alpha value is -0.0500. The monoisotopic (exact) mass is 132 g/mol. The van der Waals surface area contributed by atoms with Gasteiger partial charge in [0.25, 0.3) is 0 Å². The first-order valence-corrected chi connectivity index (χ1v) is 2.44. The maximum absolute atomic E-state index is 10.4. The normalized spacial score (nSPS) is 8.11. The van der Waals surface area contributed by atoms with Crippen LogP contribution in [0.25, 0.3) is 0 Å². The topological polar surface area (TPSA) is 32.9 Å². The Morgan fingerprint density at radius 1 is 1.44 bits per heavy atom. The number of hydrogen-bond acceptors (Lipinski definition) is 1. The molecule has 0 bridgehead atoms. The molecule has 1 rings (SSSR count). The average molecular weight is 132 g/mol. The minimum atomic E-state index is -0.0457. The van der Waals surface area contributed by atoms with Crippen LogP contribution in [0, 0.1) is 6.92 Å². The molecule has 0 spiro atoms. The van der Waals surface area contributed by atoms with Gasteiger partial charge in [-0.25, -0.2) is 0 Å². The summed E-state index contributed by atoms with van der Waals surface area (Å²) in [6, 6.07) is 3.29. The van der Waals surface area contributed by atoms with Crippen LogP contribution >= 0.6 is 0 Å². The van der Waals surface area contributed by atoms with Crippen LogP contribution in [0.4, 0.5) is 0 Å². The molecule has 1 aromatic rings. The van der Waals surface area contributed by atoms with Gasteiger partial charge < -0.3 is 4.98 Å². The molecule has 1 N–H and O–H groups in total. The molecule has 0 unspecified atom stereocenters. The molecule has 0 aliphatic heterocycles. The van der Waals surface area contributed by atoms with E-state index in [1.54, 1.807) is 12.3 Å². The molecule has 42 valence electrons. The van der Waals surface area contributed by atoms with E-state index in [1.165, 1.54) is 6.07 Å². The van der Waals surface area contributed by atoms with E-state index in [4.69, 9.17) is 0 Å². The van der Waals surface area contributed by atoms with Gasteiger partial charge in [0.05, 0.1) is 0 Å². The first-order valence-electron chi connectivity index (χ1n) is 2.44. The van der Waals surface area contributed by atoms with Gasteiger partial charge >= 0.3 is 29.6 Å². The Labute approximate surface area is 75.6 Å².